The van der Waals surface area contributed by atoms with Gasteiger partial charge in [-0.25, -0.2) is 4.98 Å². The van der Waals surface area contributed by atoms with Crippen LogP contribution in [-0.4, -0.2) is 15.9 Å². The van der Waals surface area contributed by atoms with Gasteiger partial charge in [-0.15, -0.1) is 0 Å². The Hall–Kier alpha value is -2.74. The van der Waals surface area contributed by atoms with Gasteiger partial charge in [-0.05, 0) is 84.0 Å². The lowest BCUT2D eigenvalue weighted by Gasteiger charge is -2.10. The van der Waals surface area contributed by atoms with Crippen molar-refractivity contribution in [2.75, 3.05) is 5.32 Å². The van der Waals surface area contributed by atoms with Gasteiger partial charge in [0.2, 0.25) is 5.89 Å². The Labute approximate surface area is 170 Å². The molecule has 1 N–H and O–H groups in total. The van der Waals surface area contributed by atoms with Crippen LogP contribution < -0.4 is 5.32 Å². The highest BCUT2D eigenvalue weighted by molar-refractivity contribution is 14.1. The summed E-state index contributed by atoms with van der Waals surface area (Å²) in [7, 11) is 0. The molecule has 0 aliphatic heterocycles. The summed E-state index contributed by atoms with van der Waals surface area (Å²) in [6.45, 7) is 3.97. The third-order valence-electron chi connectivity index (χ3n) is 4.33. The molecule has 134 valence electrons. The zero-order valence-electron chi connectivity index (χ0n) is 14.8. The average molecular weight is 469 g/mol. The van der Waals surface area contributed by atoms with Gasteiger partial charge in [0, 0.05) is 26.6 Å². The number of nitrogens with one attached hydrogen (secondary N) is 1. The Kier molecular flexibility index (Phi) is 4.65. The van der Waals surface area contributed by atoms with E-state index in [-0.39, 0.29) is 5.91 Å². The number of nitrogens with zero attached hydrogens (tertiary/aromatic N) is 2. The van der Waals surface area contributed by atoms with Crippen molar-refractivity contribution in [2.45, 2.75) is 13.8 Å². The summed E-state index contributed by atoms with van der Waals surface area (Å²) in [5.41, 5.74) is 5.44. The maximum Gasteiger partial charge on any atom is 0.255 e. The second-order valence-corrected chi connectivity index (χ2v) is 7.45. The molecule has 2 heterocycles. The minimum Gasteiger partial charge on any atom is -0.434 e. The van der Waals surface area contributed by atoms with E-state index < -0.39 is 0 Å². The van der Waals surface area contributed by atoms with Gasteiger partial charge < -0.3 is 9.73 Å². The number of halogens is 1. The Morgan fingerprint density at radius 3 is 2.67 bits per heavy atom. The number of benzene rings is 2. The SMILES string of the molecule is Cc1ccc(C(=O)Nc2cc(-c3nc4ncccc4o3)ccc2C)cc1I. The van der Waals surface area contributed by atoms with E-state index in [0.29, 0.717) is 22.7 Å². The molecular weight excluding hydrogens is 453 g/mol. The molecule has 0 aliphatic rings. The van der Waals surface area contributed by atoms with Gasteiger partial charge in [0.1, 0.15) is 0 Å². The fourth-order valence-corrected chi connectivity index (χ4v) is 3.23. The highest BCUT2D eigenvalue weighted by Gasteiger charge is 2.13. The molecule has 0 unspecified atom stereocenters. The number of pyridine rings is 1. The Morgan fingerprint density at radius 2 is 1.89 bits per heavy atom. The first-order chi connectivity index (χ1) is 13.0. The molecule has 0 saturated carbocycles. The Bertz CT molecular complexity index is 1130. The summed E-state index contributed by atoms with van der Waals surface area (Å²) in [5, 5.41) is 2.99. The van der Waals surface area contributed by atoms with E-state index in [2.05, 4.69) is 37.9 Å². The summed E-state index contributed by atoms with van der Waals surface area (Å²) in [4.78, 5) is 21.3. The first kappa shape index (κ1) is 17.7. The number of oxazole rings is 1. The molecule has 4 rings (SSSR count). The quantitative estimate of drug-likeness (QED) is 0.410. The second-order valence-electron chi connectivity index (χ2n) is 6.29. The van der Waals surface area contributed by atoms with Crippen LogP contribution in [0.4, 0.5) is 5.69 Å². The van der Waals surface area contributed by atoms with E-state index in [1.807, 2.05) is 56.3 Å². The van der Waals surface area contributed by atoms with E-state index in [4.69, 9.17) is 4.42 Å². The third-order valence-corrected chi connectivity index (χ3v) is 5.49. The van der Waals surface area contributed by atoms with Gasteiger partial charge >= 0.3 is 0 Å². The van der Waals surface area contributed by atoms with Crippen molar-refractivity contribution in [3.05, 3.63) is 75.0 Å². The molecule has 2 aromatic carbocycles. The maximum absolute atomic E-state index is 12.7. The summed E-state index contributed by atoms with van der Waals surface area (Å²) in [6, 6.07) is 15.0. The molecule has 5 nitrogen and oxygen atoms in total. The molecule has 6 heteroatoms. The monoisotopic (exact) mass is 469 g/mol. The highest BCUT2D eigenvalue weighted by Crippen LogP contribution is 2.27. The zero-order chi connectivity index (χ0) is 19.0. The summed E-state index contributed by atoms with van der Waals surface area (Å²) in [6.07, 6.45) is 1.68. The van der Waals surface area contributed by atoms with Gasteiger partial charge in [0.25, 0.3) is 5.91 Å². The van der Waals surface area contributed by atoms with Crippen molar-refractivity contribution in [1.82, 2.24) is 9.97 Å². The minimum atomic E-state index is -0.146. The number of carbonyl (C=O) groups excluding carboxylic acids is 1. The van der Waals surface area contributed by atoms with Crippen LogP contribution in [0.1, 0.15) is 21.5 Å². The lowest BCUT2D eigenvalue weighted by Crippen LogP contribution is -2.13. The van der Waals surface area contributed by atoms with Crippen LogP contribution in [0.5, 0.6) is 0 Å². The molecule has 0 spiro atoms. The molecule has 0 aliphatic carbocycles. The largest absolute Gasteiger partial charge is 0.434 e. The number of aryl methyl sites for hydroxylation is 2. The topological polar surface area (TPSA) is 68.0 Å². The molecule has 27 heavy (non-hydrogen) atoms. The van der Waals surface area contributed by atoms with Crippen molar-refractivity contribution in [3.8, 4) is 11.5 Å². The van der Waals surface area contributed by atoms with Crippen LogP contribution in [0.2, 0.25) is 0 Å². The van der Waals surface area contributed by atoms with Crippen molar-refractivity contribution < 1.29 is 9.21 Å². The normalized spacial score (nSPS) is 10.9. The van der Waals surface area contributed by atoms with E-state index in [9.17, 15) is 4.79 Å². The van der Waals surface area contributed by atoms with Crippen LogP contribution in [0.15, 0.2) is 59.1 Å². The molecule has 0 fully saturated rings. The lowest BCUT2D eigenvalue weighted by atomic mass is 10.1. The number of fused-ring (bicyclic) bond motifs is 1. The first-order valence-corrected chi connectivity index (χ1v) is 9.49. The number of rotatable bonds is 3. The Balaban J connectivity index is 1.66. The van der Waals surface area contributed by atoms with Gasteiger partial charge in [-0.2, -0.15) is 4.98 Å². The van der Waals surface area contributed by atoms with Crippen molar-refractivity contribution in [1.29, 1.82) is 0 Å². The Morgan fingerprint density at radius 1 is 1.07 bits per heavy atom. The highest BCUT2D eigenvalue weighted by atomic mass is 127. The van der Waals surface area contributed by atoms with Gasteiger partial charge in [-0.1, -0.05) is 12.1 Å². The number of hydrogen-bond donors (Lipinski definition) is 1. The second kappa shape index (κ2) is 7.11. The summed E-state index contributed by atoms with van der Waals surface area (Å²) in [5.74, 6) is 0.330. The third kappa shape index (κ3) is 3.57. The molecule has 0 atom stereocenters. The number of aromatic nitrogens is 2. The number of anilines is 1. The average Bonchev–Trinajstić information content (AvgIpc) is 3.10. The smallest absolute Gasteiger partial charge is 0.255 e. The fourth-order valence-electron chi connectivity index (χ4n) is 2.71. The van der Waals surface area contributed by atoms with Crippen LogP contribution in [0.25, 0.3) is 22.7 Å². The number of amides is 1. The first-order valence-electron chi connectivity index (χ1n) is 8.41. The molecule has 1 amide bonds. The van der Waals surface area contributed by atoms with Crippen molar-refractivity contribution >= 4 is 45.4 Å². The zero-order valence-corrected chi connectivity index (χ0v) is 16.9. The lowest BCUT2D eigenvalue weighted by molar-refractivity contribution is 0.102. The molecule has 0 saturated heterocycles. The van der Waals surface area contributed by atoms with Crippen molar-refractivity contribution in [3.63, 3.8) is 0 Å². The van der Waals surface area contributed by atoms with Gasteiger partial charge in [0.05, 0.1) is 0 Å². The molecule has 0 radical (unpaired) electrons. The molecule has 2 aromatic heterocycles. The maximum atomic E-state index is 12.7. The van der Waals surface area contributed by atoms with Crippen molar-refractivity contribution in [2.24, 2.45) is 0 Å². The van der Waals surface area contributed by atoms with E-state index in [1.54, 1.807) is 12.3 Å². The van der Waals surface area contributed by atoms with Crippen LogP contribution in [-0.2, 0) is 0 Å². The number of carbonyl (C=O) groups is 1. The van der Waals surface area contributed by atoms with Crippen LogP contribution in [0, 0.1) is 17.4 Å². The number of hydrogen-bond acceptors (Lipinski definition) is 4. The summed E-state index contributed by atoms with van der Waals surface area (Å²) >= 11 is 2.23. The predicted octanol–water partition coefficient (Wildman–Crippen LogP) is 5.36. The van der Waals surface area contributed by atoms with Crippen LogP contribution >= 0.6 is 22.6 Å². The van der Waals surface area contributed by atoms with Crippen LogP contribution in [0.3, 0.4) is 0 Å². The molecule has 4 aromatic rings. The predicted molar refractivity (Wildman–Crippen MR) is 114 cm³/mol. The fraction of sp³-hybridized carbons (Fsp3) is 0.0952. The van der Waals surface area contributed by atoms with Gasteiger partial charge in [0.15, 0.2) is 11.2 Å². The molecule has 0 bridgehead atoms. The van der Waals surface area contributed by atoms with E-state index in [1.165, 1.54) is 0 Å². The molecular formula is C21H16IN3O2. The minimum absolute atomic E-state index is 0.146. The van der Waals surface area contributed by atoms with E-state index >= 15 is 0 Å². The summed E-state index contributed by atoms with van der Waals surface area (Å²) < 4.78 is 6.84. The van der Waals surface area contributed by atoms with E-state index in [0.717, 1.165) is 25.9 Å². The standard InChI is InChI=1S/C21H16IN3O2/c1-12-5-7-14(10-16(12)22)20(26)24-17-11-15(8-6-13(17)2)21-25-19-18(27-21)4-3-9-23-19/h3-11H,1-2H3,(H,24,26). The van der Waals surface area contributed by atoms with Gasteiger partial charge in [-0.3, -0.25) is 4.79 Å².